The minimum atomic E-state index is -0.335. The highest BCUT2D eigenvalue weighted by atomic mass is 79.9. The molecule has 4 aliphatic carbocycles. The van der Waals surface area contributed by atoms with Gasteiger partial charge in [0.05, 0.1) is 71.1 Å². The maximum atomic E-state index is 12.7. The number of aromatic nitrogens is 8. The summed E-state index contributed by atoms with van der Waals surface area (Å²) in [7, 11) is -0.325. The van der Waals surface area contributed by atoms with Gasteiger partial charge >= 0.3 is 7.12 Å². The Morgan fingerprint density at radius 1 is 0.377 bits per heavy atom. The van der Waals surface area contributed by atoms with Crippen LogP contribution in [-0.4, -0.2) is 203 Å². The number of halogens is 1. The van der Waals surface area contributed by atoms with Gasteiger partial charge in [-0.05, 0) is 286 Å². The molecule has 754 valence electrons. The lowest BCUT2D eigenvalue weighted by atomic mass is 9.73. The molecule has 0 bridgehead atoms. The summed E-state index contributed by atoms with van der Waals surface area (Å²) < 4.78 is 36.1. The Labute approximate surface area is 877 Å². The summed E-state index contributed by atoms with van der Waals surface area (Å²) in [6.45, 7) is 33.5. The fourth-order valence-corrected chi connectivity index (χ4v) is 25.7. The zero-order valence-electron chi connectivity index (χ0n) is 84.9. The molecule has 5 fully saturated rings. The third-order valence-electron chi connectivity index (χ3n) is 29.2. The lowest BCUT2D eigenvalue weighted by Gasteiger charge is -2.32. The van der Waals surface area contributed by atoms with E-state index in [1.54, 1.807) is 34.1 Å². The number of hydrogen-bond acceptors (Lipinski definition) is 28. The van der Waals surface area contributed by atoms with Gasteiger partial charge in [-0.1, -0.05) is 132 Å². The number of nitriles is 4. The second-order valence-electron chi connectivity index (χ2n) is 41.0. The number of nitrogens with zero attached hydrogens (tertiary/aromatic N) is 16. The molecular weight excluding hydrogens is 1980 g/mol. The molecule has 9 heterocycles. The second kappa shape index (κ2) is 43.8. The molecule has 8 aromatic carbocycles. The van der Waals surface area contributed by atoms with Gasteiger partial charge in [-0.25, -0.2) is 0 Å². The first-order valence-electron chi connectivity index (χ1n) is 50.1. The van der Waals surface area contributed by atoms with Crippen molar-refractivity contribution in [1.82, 2.24) is 60.4 Å². The Morgan fingerprint density at radius 2 is 0.644 bits per heavy atom. The van der Waals surface area contributed by atoms with Crippen molar-refractivity contribution in [1.29, 1.82) is 21.0 Å². The van der Waals surface area contributed by atoms with Crippen LogP contribution in [0.5, 0.6) is 23.0 Å². The number of likely N-dealkylation sites (tertiary alicyclic amines) is 4. The van der Waals surface area contributed by atoms with Crippen molar-refractivity contribution in [3.63, 3.8) is 0 Å². The summed E-state index contributed by atoms with van der Waals surface area (Å²) in [6.07, 6.45) is 11.9. The molecule has 4 spiro atoms. The topological polar surface area (TPSA) is 375 Å². The van der Waals surface area contributed by atoms with E-state index in [0.29, 0.717) is 103 Å². The van der Waals surface area contributed by atoms with E-state index >= 15 is 0 Å². The van der Waals surface area contributed by atoms with E-state index in [9.17, 15) is 45.2 Å². The number of amides is 4. The molecule has 0 radical (unpaired) electrons. The van der Waals surface area contributed by atoms with Crippen LogP contribution in [0.3, 0.4) is 0 Å². The normalized spacial score (nSPS) is 19.8. The minimum Gasteiger partial charge on any atom is -0.490 e. The van der Waals surface area contributed by atoms with Crippen LogP contribution >= 0.6 is 61.3 Å². The van der Waals surface area contributed by atoms with Crippen molar-refractivity contribution >= 4 is 97.5 Å². The molecule has 146 heavy (non-hydrogen) atoms. The van der Waals surface area contributed by atoms with Gasteiger partial charge in [0.15, 0.2) is 3.92 Å². The Morgan fingerprint density at radius 3 is 0.918 bits per heavy atom. The Balaban J connectivity index is 0.000000127. The van der Waals surface area contributed by atoms with Gasteiger partial charge in [0.1, 0.15) is 82.3 Å². The molecule has 2 N–H and O–H groups in total. The van der Waals surface area contributed by atoms with E-state index in [-0.39, 0.29) is 95.3 Å². The van der Waals surface area contributed by atoms with Crippen molar-refractivity contribution in [2.75, 3.05) is 65.6 Å². The van der Waals surface area contributed by atoms with Crippen LogP contribution in [0, 0.1) is 45.3 Å². The number of β-amino-alcohol motifs (C(OH)–C–C–N with tert-alkyl or cyclic N) is 2. The minimum absolute atomic E-state index is 0.00114. The number of carbonyl (C=O) groups excluding carboxylic acids is 4. The van der Waals surface area contributed by atoms with Gasteiger partial charge in [-0.3, -0.25) is 19.2 Å². The molecule has 34 heteroatoms. The van der Waals surface area contributed by atoms with E-state index in [1.165, 1.54) is 89.9 Å². The first-order valence-corrected chi connectivity index (χ1v) is 54.2. The van der Waals surface area contributed by atoms with Gasteiger partial charge in [0, 0.05) is 139 Å². The molecule has 4 atom stereocenters. The highest BCUT2D eigenvalue weighted by Gasteiger charge is 2.56. The molecule has 21 rings (SSSR count). The SMILES string of the molecule is CC(C)Oc1ccc(-c2nnc(-c3cccc4c3CCC43CC(=O)N(CCO)C3)s2)cc1C#N.CC(C)Oc1ccc(-c2nnc(-c3cccc4c3CCC43CC(=O)N(CCO)C3)s2)cc1C#N.CC(C)Oc1ccc(-c2nnc(Br)s2)cc1C#N.CCCN1CC2(CCc3c(-c4nnc(-c5ccc(OC(C)C)c(C#N)c5)s4)cccc32)CC1=O.CCCN1CC2(CCc3c(B4OC(C)(C)C(C)(C)O4)cccc32)CC1=O. The Bertz CT molecular complexity index is 6640. The maximum Gasteiger partial charge on any atom is 0.495 e. The van der Waals surface area contributed by atoms with Crippen LogP contribution in [0.15, 0.2) is 150 Å². The molecule has 4 aromatic heterocycles. The average molecular weight is 2100 g/mol. The summed E-state index contributed by atoms with van der Waals surface area (Å²) >= 11 is 9.23. The predicted molar refractivity (Wildman–Crippen MR) is 569 cm³/mol. The smallest absolute Gasteiger partial charge is 0.490 e. The number of carbonyl (C=O) groups is 4. The van der Waals surface area contributed by atoms with E-state index in [0.717, 1.165) is 174 Å². The van der Waals surface area contributed by atoms with Gasteiger partial charge in [-0.2, -0.15) is 21.0 Å². The molecular formula is C112H120BBrN16O12S4. The molecule has 12 aromatic rings. The van der Waals surface area contributed by atoms with Crippen LogP contribution < -0.4 is 24.4 Å². The zero-order chi connectivity index (χ0) is 103. The van der Waals surface area contributed by atoms with Gasteiger partial charge in [0.25, 0.3) is 0 Å². The lowest BCUT2D eigenvalue weighted by molar-refractivity contribution is -0.128. The zero-order valence-corrected chi connectivity index (χ0v) is 89.7. The van der Waals surface area contributed by atoms with Crippen molar-refractivity contribution in [2.24, 2.45) is 0 Å². The van der Waals surface area contributed by atoms with E-state index < -0.39 is 0 Å². The number of rotatable bonds is 24. The van der Waals surface area contributed by atoms with Crippen LogP contribution in [0.2, 0.25) is 0 Å². The number of aliphatic hydroxyl groups is 2. The summed E-state index contributed by atoms with van der Waals surface area (Å²) in [5, 5.41) is 96.7. The summed E-state index contributed by atoms with van der Waals surface area (Å²) in [5.41, 5.74) is 18.8. The Kier molecular flexibility index (Phi) is 31.5. The first-order chi connectivity index (χ1) is 70.1. The fourth-order valence-electron chi connectivity index (χ4n) is 22.0. The van der Waals surface area contributed by atoms with Crippen molar-refractivity contribution in [3.05, 3.63) is 216 Å². The van der Waals surface area contributed by atoms with Crippen molar-refractivity contribution < 1.29 is 57.6 Å². The molecule has 4 amide bonds. The lowest BCUT2D eigenvalue weighted by Crippen LogP contribution is -2.41. The monoisotopic (exact) mass is 2100 g/mol. The van der Waals surface area contributed by atoms with Crippen LogP contribution in [0.25, 0.3) is 74.0 Å². The standard InChI is InChI=1S/C27H28N4O2S.2C26H26N4O3S.C21H30BNO3.C12H10BrN3OS/c1-4-12-31-16-27(14-24(31)32)11-10-20-21(6-5-7-22(20)27)26-30-29-25(34-26)18-8-9-23(33-17(2)3)19(13-18)15-28;2*1-16(2)33-22-7-6-17(12-18(22)14-27)24-28-29-25(34-24)20-4-3-5-21-19(20)8-9-26(21)13-23(32)30(15-26)10-11-31;1-6-12-23-14-21(13-18(23)24)11-10-15-16(21)8-7-9-17(15)22-25-19(2,3)20(4,5)26-22;1-7(2)17-10-4-3-8(5-9(10)6-14)11-15-16-12(13)18-11/h5-9,13,17H,4,10-12,14,16H2,1-3H3;2*3-7,12,16,31H,8-11,13,15H2,1-2H3;7-9H,6,10-14H2,1-5H3;3-5,7H,1-2H3. The number of benzene rings is 8. The van der Waals surface area contributed by atoms with Gasteiger partial charge in [0.2, 0.25) is 23.6 Å². The predicted octanol–water partition coefficient (Wildman–Crippen LogP) is 19.7. The van der Waals surface area contributed by atoms with Crippen LogP contribution in [0.4, 0.5) is 0 Å². The Hall–Kier alpha value is -12.6. The number of ether oxygens (including phenoxy) is 4. The average Bonchev–Trinajstić information content (AvgIpc) is 1.59. The van der Waals surface area contributed by atoms with Crippen molar-refractivity contribution in [2.45, 2.75) is 244 Å². The van der Waals surface area contributed by atoms with Gasteiger partial charge in [-0.15, -0.1) is 40.8 Å². The van der Waals surface area contributed by atoms with E-state index in [4.69, 9.17) is 33.5 Å². The fraction of sp³-hybridized carbons (Fsp3) is 0.429. The van der Waals surface area contributed by atoms with Gasteiger partial charge < -0.3 is 58.1 Å². The largest absolute Gasteiger partial charge is 0.495 e. The summed E-state index contributed by atoms with van der Waals surface area (Å²) in [4.78, 5) is 57.9. The maximum absolute atomic E-state index is 12.7. The van der Waals surface area contributed by atoms with Crippen molar-refractivity contribution in [3.8, 4) is 121 Å². The number of fused-ring (bicyclic) bond motifs is 8. The third kappa shape index (κ3) is 21.5. The highest BCUT2D eigenvalue weighted by molar-refractivity contribution is 9.11. The highest BCUT2D eigenvalue weighted by Crippen LogP contribution is 2.55. The number of aliphatic hydroxyl groups excluding tert-OH is 2. The molecule has 28 nitrogen and oxygen atoms in total. The first kappa shape index (κ1) is 105. The quantitative estimate of drug-likeness (QED) is 0.0531. The molecule has 4 unspecified atom stereocenters. The summed E-state index contributed by atoms with van der Waals surface area (Å²) in [6, 6.07) is 56.2. The van der Waals surface area contributed by atoms with E-state index in [2.05, 4.69) is 188 Å². The van der Waals surface area contributed by atoms with Crippen LogP contribution in [-0.2, 0) is 75.8 Å². The molecule has 5 aliphatic heterocycles. The second-order valence-corrected chi connectivity index (χ2v) is 46.2. The number of hydrogen-bond donors (Lipinski definition) is 2. The summed E-state index contributed by atoms with van der Waals surface area (Å²) in [5.74, 6) is 3.13. The van der Waals surface area contributed by atoms with E-state index in [1.807, 2.05) is 121 Å². The molecule has 0 saturated carbocycles. The molecule has 5 saturated heterocycles. The van der Waals surface area contributed by atoms with Crippen LogP contribution in [0.1, 0.15) is 228 Å². The molecule has 9 aliphatic rings. The third-order valence-corrected chi connectivity index (χ3v) is 33.6.